The van der Waals surface area contributed by atoms with E-state index in [4.69, 9.17) is 9.47 Å². The number of anilines is 1. The molecule has 0 radical (unpaired) electrons. The maximum absolute atomic E-state index is 12.7. The molecule has 0 aromatic heterocycles. The van der Waals surface area contributed by atoms with Gasteiger partial charge in [0.2, 0.25) is 5.91 Å². The van der Waals surface area contributed by atoms with Gasteiger partial charge in [-0.1, -0.05) is 0 Å². The van der Waals surface area contributed by atoms with E-state index in [1.807, 2.05) is 0 Å². The van der Waals surface area contributed by atoms with Crippen LogP contribution >= 0.6 is 0 Å². The molecule has 7 nitrogen and oxygen atoms in total. The molecular formula is C15H17FN2O5. The molecule has 0 spiro atoms. The lowest BCUT2D eigenvalue weighted by Crippen LogP contribution is -2.36. The molecule has 23 heavy (non-hydrogen) atoms. The van der Waals surface area contributed by atoms with Gasteiger partial charge in [0.25, 0.3) is 5.91 Å². The number of halogens is 1. The van der Waals surface area contributed by atoms with Crippen LogP contribution in [-0.2, 0) is 23.9 Å². The molecule has 1 aliphatic heterocycles. The zero-order chi connectivity index (χ0) is 16.7. The second kappa shape index (κ2) is 8.23. The molecule has 1 saturated heterocycles. The van der Waals surface area contributed by atoms with E-state index in [9.17, 15) is 18.8 Å². The SMILES string of the molecule is O=C(COC(=O)[C@@H]1CCCO1)NCC(=O)Nc1ccc(F)cc1. The number of amides is 2. The Hall–Kier alpha value is -2.48. The van der Waals surface area contributed by atoms with Crippen LogP contribution in [0.3, 0.4) is 0 Å². The summed E-state index contributed by atoms with van der Waals surface area (Å²) < 4.78 is 22.6. The van der Waals surface area contributed by atoms with Crippen molar-refractivity contribution < 1.29 is 28.2 Å². The fraction of sp³-hybridized carbons (Fsp3) is 0.400. The fourth-order valence-electron chi connectivity index (χ4n) is 1.96. The minimum absolute atomic E-state index is 0.284. The van der Waals surface area contributed by atoms with Crippen LogP contribution in [0, 0.1) is 5.82 Å². The van der Waals surface area contributed by atoms with Crippen LogP contribution in [0.25, 0.3) is 0 Å². The summed E-state index contributed by atoms with van der Waals surface area (Å²) in [7, 11) is 0. The summed E-state index contributed by atoms with van der Waals surface area (Å²) in [4.78, 5) is 34.6. The first-order valence-corrected chi connectivity index (χ1v) is 7.15. The molecule has 1 aliphatic rings. The number of carbonyl (C=O) groups excluding carboxylic acids is 3. The summed E-state index contributed by atoms with van der Waals surface area (Å²) in [6.45, 7) is -0.244. The van der Waals surface area contributed by atoms with Gasteiger partial charge < -0.3 is 20.1 Å². The van der Waals surface area contributed by atoms with Crippen LogP contribution in [-0.4, -0.2) is 43.6 Å². The van der Waals surface area contributed by atoms with Crippen molar-refractivity contribution in [2.75, 3.05) is 25.1 Å². The van der Waals surface area contributed by atoms with Gasteiger partial charge in [-0.2, -0.15) is 0 Å². The largest absolute Gasteiger partial charge is 0.454 e. The van der Waals surface area contributed by atoms with E-state index in [1.54, 1.807) is 0 Å². The highest BCUT2D eigenvalue weighted by molar-refractivity contribution is 5.94. The monoisotopic (exact) mass is 324 g/mol. The van der Waals surface area contributed by atoms with Gasteiger partial charge in [-0.05, 0) is 37.1 Å². The molecule has 2 amide bonds. The fourth-order valence-corrected chi connectivity index (χ4v) is 1.96. The van der Waals surface area contributed by atoms with Crippen molar-refractivity contribution in [1.82, 2.24) is 5.32 Å². The van der Waals surface area contributed by atoms with Crippen LogP contribution in [0.1, 0.15) is 12.8 Å². The quantitative estimate of drug-likeness (QED) is 0.748. The van der Waals surface area contributed by atoms with E-state index in [1.165, 1.54) is 24.3 Å². The average molecular weight is 324 g/mol. The molecular weight excluding hydrogens is 307 g/mol. The lowest BCUT2D eigenvalue weighted by atomic mass is 10.2. The third kappa shape index (κ3) is 5.67. The Morgan fingerprint density at radius 1 is 1.22 bits per heavy atom. The van der Waals surface area contributed by atoms with Crippen LogP contribution in [0.4, 0.5) is 10.1 Å². The van der Waals surface area contributed by atoms with Crippen molar-refractivity contribution in [3.63, 3.8) is 0 Å². The summed E-state index contributed by atoms with van der Waals surface area (Å²) >= 11 is 0. The molecule has 1 heterocycles. The topological polar surface area (TPSA) is 93.7 Å². The van der Waals surface area contributed by atoms with Gasteiger partial charge in [-0.15, -0.1) is 0 Å². The van der Waals surface area contributed by atoms with Crippen molar-refractivity contribution in [3.05, 3.63) is 30.1 Å². The number of benzene rings is 1. The van der Waals surface area contributed by atoms with E-state index >= 15 is 0 Å². The number of rotatable bonds is 6. The summed E-state index contributed by atoms with van der Waals surface area (Å²) in [5.74, 6) is -2.06. The molecule has 1 aromatic carbocycles. The third-order valence-electron chi connectivity index (χ3n) is 3.11. The van der Waals surface area contributed by atoms with Crippen LogP contribution in [0.15, 0.2) is 24.3 Å². The number of nitrogens with one attached hydrogen (secondary N) is 2. The maximum atomic E-state index is 12.7. The lowest BCUT2D eigenvalue weighted by Gasteiger charge is -2.10. The summed E-state index contributed by atoms with van der Waals surface area (Å²) in [6.07, 6.45) is 0.764. The highest BCUT2D eigenvalue weighted by Crippen LogP contribution is 2.13. The average Bonchev–Trinajstić information content (AvgIpc) is 3.07. The molecule has 2 N–H and O–H groups in total. The van der Waals surface area contributed by atoms with E-state index in [2.05, 4.69) is 10.6 Å². The van der Waals surface area contributed by atoms with Crippen molar-refractivity contribution in [1.29, 1.82) is 0 Å². The molecule has 0 bridgehead atoms. The Morgan fingerprint density at radius 2 is 1.96 bits per heavy atom. The number of ether oxygens (including phenoxy) is 2. The number of hydrogen-bond donors (Lipinski definition) is 2. The van der Waals surface area contributed by atoms with E-state index in [-0.39, 0.29) is 6.54 Å². The van der Waals surface area contributed by atoms with E-state index in [0.717, 1.165) is 6.42 Å². The second-order valence-corrected chi connectivity index (χ2v) is 4.94. The standard InChI is InChI=1S/C15H17FN2O5/c16-10-3-5-11(6-4-10)18-13(19)8-17-14(20)9-23-15(21)12-2-1-7-22-12/h3-6,12H,1-2,7-9H2,(H,17,20)(H,18,19)/t12-/m0/s1. The van der Waals surface area contributed by atoms with Crippen LogP contribution in [0.5, 0.6) is 0 Å². The second-order valence-electron chi connectivity index (χ2n) is 4.94. The van der Waals surface area contributed by atoms with Crippen LogP contribution < -0.4 is 10.6 Å². The first-order chi connectivity index (χ1) is 11.0. The molecule has 124 valence electrons. The van der Waals surface area contributed by atoms with Crippen molar-refractivity contribution in [2.45, 2.75) is 18.9 Å². The highest BCUT2D eigenvalue weighted by atomic mass is 19.1. The zero-order valence-corrected chi connectivity index (χ0v) is 12.3. The Labute approximate surface area is 132 Å². The van der Waals surface area contributed by atoms with Gasteiger partial charge in [0, 0.05) is 12.3 Å². The molecule has 1 fully saturated rings. The molecule has 0 unspecified atom stereocenters. The molecule has 0 saturated carbocycles. The van der Waals surface area contributed by atoms with Gasteiger partial charge in [0.1, 0.15) is 5.82 Å². The van der Waals surface area contributed by atoms with Crippen molar-refractivity contribution in [3.8, 4) is 0 Å². The Bertz CT molecular complexity index is 570. The Kier molecular flexibility index (Phi) is 6.04. The third-order valence-corrected chi connectivity index (χ3v) is 3.11. The smallest absolute Gasteiger partial charge is 0.335 e. The Morgan fingerprint density at radius 3 is 2.61 bits per heavy atom. The number of hydrogen-bond acceptors (Lipinski definition) is 5. The maximum Gasteiger partial charge on any atom is 0.335 e. The first-order valence-electron chi connectivity index (χ1n) is 7.15. The van der Waals surface area contributed by atoms with Crippen molar-refractivity contribution in [2.24, 2.45) is 0 Å². The predicted molar refractivity (Wildman–Crippen MR) is 78.0 cm³/mol. The number of esters is 1. The molecule has 1 atom stereocenters. The molecule has 2 rings (SSSR count). The lowest BCUT2D eigenvalue weighted by molar-refractivity contribution is -0.157. The predicted octanol–water partition coefficient (Wildman–Crippen LogP) is 0.603. The first kappa shape index (κ1) is 16.9. The number of carbonyl (C=O) groups is 3. The normalized spacial score (nSPS) is 16.7. The molecule has 8 heteroatoms. The van der Waals surface area contributed by atoms with Gasteiger partial charge >= 0.3 is 5.97 Å². The summed E-state index contributed by atoms with van der Waals surface area (Å²) in [5, 5.41) is 4.80. The summed E-state index contributed by atoms with van der Waals surface area (Å²) in [5.41, 5.74) is 0.412. The van der Waals surface area contributed by atoms with Crippen molar-refractivity contribution >= 4 is 23.5 Å². The molecule has 0 aliphatic carbocycles. The van der Waals surface area contributed by atoms with Gasteiger partial charge in [0.05, 0.1) is 6.54 Å². The Balaban J connectivity index is 1.64. The molecule has 1 aromatic rings. The zero-order valence-electron chi connectivity index (χ0n) is 12.3. The van der Waals surface area contributed by atoms with Crippen LogP contribution in [0.2, 0.25) is 0 Å². The van der Waals surface area contributed by atoms with E-state index < -0.39 is 36.3 Å². The van der Waals surface area contributed by atoms with Gasteiger partial charge in [-0.25, -0.2) is 9.18 Å². The minimum Gasteiger partial charge on any atom is -0.454 e. The minimum atomic E-state index is -0.607. The van der Waals surface area contributed by atoms with Gasteiger partial charge in [-0.3, -0.25) is 9.59 Å². The highest BCUT2D eigenvalue weighted by Gasteiger charge is 2.25. The van der Waals surface area contributed by atoms with Gasteiger partial charge in [0.15, 0.2) is 12.7 Å². The van der Waals surface area contributed by atoms with E-state index in [0.29, 0.717) is 18.7 Å². The summed E-state index contributed by atoms with van der Waals surface area (Å²) in [6, 6.07) is 5.22.